The van der Waals surface area contributed by atoms with Gasteiger partial charge in [-0.2, -0.15) is 0 Å². The highest BCUT2D eigenvalue weighted by Gasteiger charge is 2.33. The van der Waals surface area contributed by atoms with Crippen LogP contribution in [0.15, 0.2) is 0 Å². The van der Waals surface area contributed by atoms with Crippen molar-refractivity contribution in [2.45, 2.75) is 26.3 Å². The van der Waals surface area contributed by atoms with Crippen LogP contribution in [0.3, 0.4) is 0 Å². The van der Waals surface area contributed by atoms with Crippen molar-refractivity contribution in [1.29, 1.82) is 0 Å². The average Bonchev–Trinajstić information content (AvgIpc) is 2.37. The summed E-state index contributed by atoms with van der Waals surface area (Å²) in [5.41, 5.74) is 0. The first kappa shape index (κ1) is 15.3. The number of rotatable bonds is 4. The van der Waals surface area contributed by atoms with Crippen molar-refractivity contribution in [2.75, 3.05) is 26.7 Å². The van der Waals surface area contributed by atoms with Gasteiger partial charge in [0, 0.05) is 26.7 Å². The molecule has 108 valence electrons. The van der Waals surface area contributed by atoms with Gasteiger partial charge in [0.2, 0.25) is 5.91 Å². The number of aliphatic carboxylic acids is 1. The molecular weight excluding hydrogens is 250 g/mol. The van der Waals surface area contributed by atoms with Crippen molar-refractivity contribution in [3.63, 3.8) is 0 Å². The quantitative estimate of drug-likeness (QED) is 0.751. The van der Waals surface area contributed by atoms with E-state index in [-0.39, 0.29) is 18.5 Å². The number of carbonyl (C=O) groups excluding carboxylic acids is 2. The highest BCUT2D eigenvalue weighted by atomic mass is 16.4. The van der Waals surface area contributed by atoms with Gasteiger partial charge in [-0.3, -0.25) is 9.59 Å². The third kappa shape index (κ3) is 3.59. The van der Waals surface area contributed by atoms with Gasteiger partial charge < -0.3 is 20.2 Å². The smallest absolute Gasteiger partial charge is 0.320 e. The van der Waals surface area contributed by atoms with Crippen molar-refractivity contribution < 1.29 is 19.5 Å². The predicted octanol–water partition coefficient (Wildman–Crippen LogP) is -0.0307. The van der Waals surface area contributed by atoms with Crippen LogP contribution in [0.1, 0.15) is 20.3 Å². The molecule has 1 aliphatic rings. The molecule has 2 unspecified atom stereocenters. The fraction of sp³-hybridized carbons (Fsp3) is 0.750. The highest BCUT2D eigenvalue weighted by Crippen LogP contribution is 2.12. The zero-order chi connectivity index (χ0) is 14.6. The van der Waals surface area contributed by atoms with E-state index in [1.54, 1.807) is 14.0 Å². The topological polar surface area (TPSA) is 90.0 Å². The first-order valence-corrected chi connectivity index (χ1v) is 6.40. The Morgan fingerprint density at radius 1 is 1.58 bits per heavy atom. The number of hydrogen-bond acceptors (Lipinski definition) is 3. The van der Waals surface area contributed by atoms with Crippen LogP contribution in [0.5, 0.6) is 0 Å². The number of urea groups is 1. The Hall–Kier alpha value is -1.79. The van der Waals surface area contributed by atoms with Crippen LogP contribution in [0.4, 0.5) is 4.79 Å². The molecule has 3 amide bonds. The molecule has 0 aromatic rings. The molecule has 7 heteroatoms. The van der Waals surface area contributed by atoms with E-state index in [0.717, 1.165) is 0 Å². The van der Waals surface area contributed by atoms with E-state index in [1.807, 2.05) is 6.92 Å². The molecule has 0 saturated carbocycles. The first-order valence-electron chi connectivity index (χ1n) is 6.40. The fourth-order valence-electron chi connectivity index (χ4n) is 2.14. The van der Waals surface area contributed by atoms with Crippen LogP contribution in [0.25, 0.3) is 0 Å². The largest absolute Gasteiger partial charge is 0.481 e. The minimum atomic E-state index is -0.942. The Kier molecular flexibility index (Phi) is 5.14. The summed E-state index contributed by atoms with van der Waals surface area (Å²) >= 11 is 0. The van der Waals surface area contributed by atoms with Gasteiger partial charge in [-0.05, 0) is 6.42 Å². The van der Waals surface area contributed by atoms with Gasteiger partial charge >= 0.3 is 12.0 Å². The van der Waals surface area contributed by atoms with Crippen LogP contribution in [-0.4, -0.2) is 65.5 Å². The van der Waals surface area contributed by atoms with Crippen molar-refractivity contribution in [3.8, 4) is 0 Å². The first-order chi connectivity index (χ1) is 8.88. The third-order valence-corrected chi connectivity index (χ3v) is 3.26. The predicted molar refractivity (Wildman–Crippen MR) is 68.6 cm³/mol. The van der Waals surface area contributed by atoms with E-state index in [9.17, 15) is 14.4 Å². The minimum Gasteiger partial charge on any atom is -0.481 e. The van der Waals surface area contributed by atoms with Gasteiger partial charge in [0.15, 0.2) is 0 Å². The van der Waals surface area contributed by atoms with Gasteiger partial charge in [-0.15, -0.1) is 0 Å². The molecule has 0 bridgehead atoms. The zero-order valence-electron chi connectivity index (χ0n) is 11.5. The molecule has 0 spiro atoms. The van der Waals surface area contributed by atoms with Gasteiger partial charge in [-0.1, -0.05) is 13.8 Å². The number of nitrogens with zero attached hydrogens (tertiary/aromatic N) is 2. The summed E-state index contributed by atoms with van der Waals surface area (Å²) < 4.78 is 0. The number of amides is 3. The lowest BCUT2D eigenvalue weighted by Gasteiger charge is -2.37. The monoisotopic (exact) mass is 271 g/mol. The summed E-state index contributed by atoms with van der Waals surface area (Å²) in [4.78, 5) is 37.6. The summed E-state index contributed by atoms with van der Waals surface area (Å²) in [6, 6.07) is -0.765. The lowest BCUT2D eigenvalue weighted by Crippen LogP contribution is -2.59. The standard InChI is InChI=1S/C12H21N3O4/c1-4-9-10(16)13-5-6-15(9)12(19)14(3)7-8(2)11(17)18/h8-9H,4-7H2,1-3H3,(H,13,16)(H,17,18). The van der Waals surface area contributed by atoms with Gasteiger partial charge in [0.05, 0.1) is 5.92 Å². The molecule has 1 fully saturated rings. The Morgan fingerprint density at radius 2 is 2.21 bits per heavy atom. The Bertz CT molecular complexity index is 372. The third-order valence-electron chi connectivity index (χ3n) is 3.26. The fourth-order valence-corrected chi connectivity index (χ4v) is 2.14. The van der Waals surface area contributed by atoms with E-state index in [0.29, 0.717) is 19.5 Å². The molecule has 0 radical (unpaired) electrons. The lowest BCUT2D eigenvalue weighted by atomic mass is 10.1. The van der Waals surface area contributed by atoms with Crippen LogP contribution in [0.2, 0.25) is 0 Å². The van der Waals surface area contributed by atoms with Crippen LogP contribution >= 0.6 is 0 Å². The van der Waals surface area contributed by atoms with Crippen LogP contribution in [0, 0.1) is 5.92 Å². The molecule has 2 atom stereocenters. The molecule has 0 aliphatic carbocycles. The second-order valence-corrected chi connectivity index (χ2v) is 4.81. The maximum atomic E-state index is 12.2. The van der Waals surface area contributed by atoms with Crippen molar-refractivity contribution in [2.24, 2.45) is 5.92 Å². The molecule has 1 aliphatic heterocycles. The van der Waals surface area contributed by atoms with Crippen LogP contribution < -0.4 is 5.32 Å². The number of carboxylic acid groups (broad SMARTS) is 1. The average molecular weight is 271 g/mol. The molecule has 1 saturated heterocycles. The molecule has 19 heavy (non-hydrogen) atoms. The maximum absolute atomic E-state index is 12.2. The van der Waals surface area contributed by atoms with Crippen molar-refractivity contribution >= 4 is 17.9 Å². The molecule has 0 aromatic heterocycles. The van der Waals surface area contributed by atoms with Crippen LogP contribution in [-0.2, 0) is 9.59 Å². The normalized spacial score (nSPS) is 20.7. The Labute approximate surface area is 112 Å². The van der Waals surface area contributed by atoms with Gasteiger partial charge in [-0.25, -0.2) is 4.79 Å². The molecule has 1 rings (SSSR count). The lowest BCUT2D eigenvalue weighted by molar-refractivity contribution is -0.141. The molecule has 2 N–H and O–H groups in total. The Balaban J connectivity index is 2.69. The second-order valence-electron chi connectivity index (χ2n) is 4.81. The minimum absolute atomic E-state index is 0.128. The van der Waals surface area contributed by atoms with E-state index >= 15 is 0 Å². The highest BCUT2D eigenvalue weighted by molar-refractivity contribution is 5.88. The molecule has 7 nitrogen and oxygen atoms in total. The van der Waals surface area contributed by atoms with Crippen molar-refractivity contribution in [3.05, 3.63) is 0 Å². The summed E-state index contributed by atoms with van der Waals surface area (Å²) in [5.74, 6) is -1.72. The molecule has 1 heterocycles. The molecule has 0 aromatic carbocycles. The number of nitrogens with one attached hydrogen (secondary N) is 1. The Morgan fingerprint density at radius 3 is 2.74 bits per heavy atom. The number of hydrogen-bond donors (Lipinski definition) is 2. The zero-order valence-corrected chi connectivity index (χ0v) is 11.5. The van der Waals surface area contributed by atoms with Crippen molar-refractivity contribution in [1.82, 2.24) is 15.1 Å². The van der Waals surface area contributed by atoms with E-state index in [2.05, 4.69) is 5.32 Å². The molecular formula is C12H21N3O4. The van der Waals surface area contributed by atoms with E-state index in [4.69, 9.17) is 5.11 Å². The maximum Gasteiger partial charge on any atom is 0.320 e. The summed E-state index contributed by atoms with van der Waals surface area (Å²) in [6.45, 7) is 4.41. The number of carbonyl (C=O) groups is 3. The summed E-state index contributed by atoms with van der Waals surface area (Å²) in [5, 5.41) is 11.6. The van der Waals surface area contributed by atoms with Gasteiger partial charge in [0.1, 0.15) is 6.04 Å². The SMILES string of the molecule is CCC1C(=O)NCCN1C(=O)N(C)CC(C)C(=O)O. The van der Waals surface area contributed by atoms with E-state index < -0.39 is 17.9 Å². The van der Waals surface area contributed by atoms with Gasteiger partial charge in [0.25, 0.3) is 0 Å². The number of carboxylic acids is 1. The van der Waals surface area contributed by atoms with E-state index in [1.165, 1.54) is 9.80 Å². The summed E-state index contributed by atoms with van der Waals surface area (Å²) in [7, 11) is 1.56. The summed E-state index contributed by atoms with van der Waals surface area (Å²) in [6.07, 6.45) is 0.542. The number of piperazine rings is 1. The second kappa shape index (κ2) is 6.40.